The Hall–Kier alpha value is -3.58. The number of esters is 1. The Bertz CT molecular complexity index is 1160. The number of hydrogen-bond acceptors (Lipinski definition) is 8. The average molecular weight is 458 g/mol. The van der Waals surface area contributed by atoms with Crippen LogP contribution in [0.3, 0.4) is 0 Å². The third-order valence-electron chi connectivity index (χ3n) is 4.87. The maximum atomic E-state index is 12.3. The van der Waals surface area contributed by atoms with Gasteiger partial charge in [-0.15, -0.1) is 0 Å². The third kappa shape index (κ3) is 6.21. The molecule has 0 aliphatic carbocycles. The Balaban J connectivity index is 1.66. The number of benzene rings is 1. The predicted octanol–water partition coefficient (Wildman–Crippen LogP) is 2.24. The van der Waals surface area contributed by atoms with Crippen LogP contribution < -0.4 is 14.8 Å². The molecule has 0 spiro atoms. The zero-order valence-electron chi connectivity index (χ0n) is 17.4. The molecule has 168 valence electrons. The Morgan fingerprint density at radius 2 is 2.12 bits per heavy atom. The van der Waals surface area contributed by atoms with E-state index in [9.17, 15) is 23.3 Å². The molecule has 1 aliphatic rings. The number of carbonyl (C=O) groups is 2. The summed E-state index contributed by atoms with van der Waals surface area (Å²) in [6.07, 6.45) is 3.31. The molecular formula is C22H22N2O7S. The van der Waals surface area contributed by atoms with Crippen molar-refractivity contribution >= 4 is 27.8 Å². The molecule has 0 saturated carbocycles. The second kappa shape index (κ2) is 10.2. The molecular weight excluding hydrogens is 436 g/mol. The first-order chi connectivity index (χ1) is 15.3. The number of carbonyl (C=O) groups excluding carboxylic acids is 2. The van der Waals surface area contributed by atoms with E-state index >= 15 is 0 Å². The molecule has 3 rings (SSSR count). The summed E-state index contributed by atoms with van der Waals surface area (Å²) >= 11 is 0. The lowest BCUT2D eigenvalue weighted by Gasteiger charge is -2.12. The van der Waals surface area contributed by atoms with E-state index in [-0.39, 0.29) is 47.5 Å². The van der Waals surface area contributed by atoms with Gasteiger partial charge >= 0.3 is 5.97 Å². The van der Waals surface area contributed by atoms with Gasteiger partial charge in [0, 0.05) is 6.42 Å². The molecule has 1 amide bonds. The van der Waals surface area contributed by atoms with Crippen molar-refractivity contribution < 1.29 is 31.9 Å². The van der Waals surface area contributed by atoms with Gasteiger partial charge in [0.05, 0.1) is 31.4 Å². The molecule has 0 bridgehead atoms. The molecule has 0 radical (unpaired) electrons. The number of amides is 1. The minimum absolute atomic E-state index is 0.00153. The number of rotatable bonds is 8. The number of nitrogens with one attached hydrogen (secondary N) is 1. The smallest absolute Gasteiger partial charge is 0.311 e. The van der Waals surface area contributed by atoms with E-state index in [1.54, 1.807) is 18.2 Å². The van der Waals surface area contributed by atoms with Crippen molar-refractivity contribution in [2.75, 3.05) is 18.6 Å². The van der Waals surface area contributed by atoms with Crippen LogP contribution in [0.4, 0.5) is 0 Å². The largest absolute Gasteiger partial charge is 0.493 e. The van der Waals surface area contributed by atoms with Crippen LogP contribution in [0.15, 0.2) is 46.6 Å². The monoisotopic (exact) mass is 458 g/mol. The lowest BCUT2D eigenvalue weighted by Crippen LogP contribution is -2.23. The lowest BCUT2D eigenvalue weighted by molar-refractivity contribution is -0.135. The van der Waals surface area contributed by atoms with Crippen molar-refractivity contribution in [3.63, 3.8) is 0 Å². The Morgan fingerprint density at radius 1 is 1.31 bits per heavy atom. The van der Waals surface area contributed by atoms with E-state index in [1.165, 1.54) is 31.6 Å². The van der Waals surface area contributed by atoms with Crippen molar-refractivity contribution in [1.29, 1.82) is 5.26 Å². The van der Waals surface area contributed by atoms with Gasteiger partial charge in [0.25, 0.3) is 5.91 Å². The highest BCUT2D eigenvalue weighted by Gasteiger charge is 2.30. The fourth-order valence-corrected chi connectivity index (χ4v) is 5.14. The van der Waals surface area contributed by atoms with Crippen molar-refractivity contribution in [2.24, 2.45) is 5.92 Å². The standard InChI is InChI=1S/C22H22N2O7S/c1-29-20-10-15(9-17(12-23)22(26)24-13-18-3-2-7-30-18)4-5-19(20)31-21(25)11-16-6-8-32(27,28)14-16/h2-5,7,9-10,16H,6,8,11,13-14H2,1H3,(H,24,26)/b17-9+/t16-/m0/s1. The molecule has 1 saturated heterocycles. The molecule has 9 nitrogen and oxygen atoms in total. The van der Waals surface area contributed by atoms with E-state index in [4.69, 9.17) is 13.9 Å². The first-order valence-electron chi connectivity index (χ1n) is 9.81. The molecule has 1 N–H and O–H groups in total. The number of hydrogen-bond donors (Lipinski definition) is 1. The molecule has 0 unspecified atom stereocenters. The average Bonchev–Trinajstić information content (AvgIpc) is 3.40. The van der Waals surface area contributed by atoms with E-state index in [0.717, 1.165) is 0 Å². The maximum Gasteiger partial charge on any atom is 0.311 e. The lowest BCUT2D eigenvalue weighted by atomic mass is 10.1. The number of methoxy groups -OCH3 is 1. The fourth-order valence-electron chi connectivity index (χ4n) is 3.28. The molecule has 10 heteroatoms. The SMILES string of the molecule is COc1cc(/C=C(\C#N)C(=O)NCc2ccco2)ccc1OC(=O)C[C@@H]1CCS(=O)(=O)C1. The fraction of sp³-hybridized carbons (Fsp3) is 0.318. The summed E-state index contributed by atoms with van der Waals surface area (Å²) in [6.45, 7) is 0.144. The topological polar surface area (TPSA) is 136 Å². The summed E-state index contributed by atoms with van der Waals surface area (Å²) in [5.41, 5.74) is 0.374. The molecule has 1 aliphatic heterocycles. The summed E-state index contributed by atoms with van der Waals surface area (Å²) in [6, 6.07) is 9.84. The number of furan rings is 1. The normalized spacial score (nSPS) is 17.4. The second-order valence-electron chi connectivity index (χ2n) is 7.29. The van der Waals surface area contributed by atoms with Gasteiger partial charge in [0.2, 0.25) is 0 Å². The summed E-state index contributed by atoms with van der Waals surface area (Å²) in [4.78, 5) is 24.5. The van der Waals surface area contributed by atoms with Crippen molar-refractivity contribution in [2.45, 2.75) is 19.4 Å². The Kier molecular flexibility index (Phi) is 7.33. The van der Waals surface area contributed by atoms with Crippen LogP contribution in [-0.2, 0) is 26.0 Å². The maximum absolute atomic E-state index is 12.3. The van der Waals surface area contributed by atoms with Gasteiger partial charge in [-0.3, -0.25) is 9.59 Å². The van der Waals surface area contributed by atoms with Crippen molar-refractivity contribution in [3.8, 4) is 17.6 Å². The van der Waals surface area contributed by atoms with E-state index in [1.807, 2.05) is 6.07 Å². The molecule has 32 heavy (non-hydrogen) atoms. The zero-order valence-corrected chi connectivity index (χ0v) is 18.2. The highest BCUT2D eigenvalue weighted by Crippen LogP contribution is 2.30. The number of nitrogens with zero attached hydrogens (tertiary/aromatic N) is 1. The van der Waals surface area contributed by atoms with Crippen LogP contribution in [0.5, 0.6) is 11.5 Å². The quantitative estimate of drug-likeness (QED) is 0.275. The zero-order chi connectivity index (χ0) is 23.1. The molecule has 1 aromatic heterocycles. The van der Waals surface area contributed by atoms with E-state index < -0.39 is 21.7 Å². The first kappa shape index (κ1) is 23.1. The second-order valence-corrected chi connectivity index (χ2v) is 9.52. The minimum Gasteiger partial charge on any atom is -0.493 e. The predicted molar refractivity (Wildman–Crippen MR) is 114 cm³/mol. The van der Waals surface area contributed by atoms with Crippen molar-refractivity contribution in [3.05, 3.63) is 53.5 Å². The summed E-state index contributed by atoms with van der Waals surface area (Å²) in [5, 5.41) is 11.9. The number of sulfone groups is 1. The molecule has 2 heterocycles. The van der Waals surface area contributed by atoms with E-state index in [2.05, 4.69) is 5.32 Å². The first-order valence-corrected chi connectivity index (χ1v) is 11.6. The highest BCUT2D eigenvalue weighted by molar-refractivity contribution is 7.91. The van der Waals surface area contributed by atoms with E-state index in [0.29, 0.717) is 17.7 Å². The summed E-state index contributed by atoms with van der Waals surface area (Å²) < 4.78 is 38.8. The minimum atomic E-state index is -3.07. The third-order valence-corrected chi connectivity index (χ3v) is 6.71. The van der Waals surface area contributed by atoms with Gasteiger partial charge in [-0.05, 0) is 48.2 Å². The van der Waals surface area contributed by atoms with Crippen LogP contribution in [0.1, 0.15) is 24.2 Å². The van der Waals surface area contributed by atoms with Crippen LogP contribution in [0.25, 0.3) is 6.08 Å². The molecule has 2 aromatic rings. The summed E-state index contributed by atoms with van der Waals surface area (Å²) in [5.74, 6) is -0.338. The molecule has 1 atom stereocenters. The van der Waals surface area contributed by atoms with Crippen LogP contribution in [-0.4, -0.2) is 38.9 Å². The Morgan fingerprint density at radius 3 is 2.75 bits per heavy atom. The van der Waals surface area contributed by atoms with Gasteiger partial charge in [-0.25, -0.2) is 8.42 Å². The van der Waals surface area contributed by atoms with Gasteiger partial charge in [0.1, 0.15) is 17.4 Å². The molecule has 1 aromatic carbocycles. The number of ether oxygens (including phenoxy) is 2. The van der Waals surface area contributed by atoms with Crippen LogP contribution in [0.2, 0.25) is 0 Å². The van der Waals surface area contributed by atoms with Crippen LogP contribution >= 0.6 is 0 Å². The number of nitriles is 1. The van der Waals surface area contributed by atoms with Gasteiger partial charge < -0.3 is 19.2 Å². The van der Waals surface area contributed by atoms with Gasteiger partial charge in [0.15, 0.2) is 21.3 Å². The molecule has 1 fully saturated rings. The van der Waals surface area contributed by atoms with Gasteiger partial charge in [-0.2, -0.15) is 5.26 Å². The van der Waals surface area contributed by atoms with Gasteiger partial charge in [-0.1, -0.05) is 6.07 Å². The van der Waals surface area contributed by atoms with Crippen LogP contribution in [0, 0.1) is 17.2 Å². The van der Waals surface area contributed by atoms with Crippen molar-refractivity contribution in [1.82, 2.24) is 5.32 Å². The highest BCUT2D eigenvalue weighted by atomic mass is 32.2. The summed E-state index contributed by atoms with van der Waals surface area (Å²) in [7, 11) is -1.68. The Labute approximate surface area is 185 Å².